The number of carbonyl (C=O) groups is 1. The van der Waals surface area contributed by atoms with Gasteiger partial charge >= 0.3 is 0 Å². The van der Waals surface area contributed by atoms with E-state index in [0.717, 1.165) is 24.2 Å². The van der Waals surface area contributed by atoms with E-state index in [0.29, 0.717) is 10.8 Å². The number of nitrogens with one attached hydrogen (secondary N) is 1. The number of hydrogen-bond acceptors (Lipinski definition) is 4. The molecule has 6 heteroatoms. The lowest BCUT2D eigenvalue weighted by Gasteiger charge is -2.06. The first kappa shape index (κ1) is 14.3. The van der Waals surface area contributed by atoms with Gasteiger partial charge in [0.1, 0.15) is 0 Å². The zero-order valence-electron chi connectivity index (χ0n) is 12.6. The lowest BCUT2D eigenvalue weighted by atomic mass is 10.0. The van der Waals surface area contributed by atoms with Crippen LogP contribution in [0.3, 0.4) is 0 Å². The van der Waals surface area contributed by atoms with Crippen LogP contribution >= 0.6 is 11.3 Å². The van der Waals surface area contributed by atoms with E-state index in [1.807, 2.05) is 17.7 Å². The Kier molecular flexibility index (Phi) is 3.80. The Morgan fingerprint density at radius 1 is 1.38 bits per heavy atom. The maximum atomic E-state index is 12.3. The standard InChI is InChI=1S/C15H20N4OS/c1-9(2)19-10(3)8-12(18-19)14(20)17-15-16-11-6-4-5-7-13(11)21-15/h8-9H,4-7H2,1-3H3,(H,16,17,20). The summed E-state index contributed by atoms with van der Waals surface area (Å²) in [4.78, 5) is 18.1. The highest BCUT2D eigenvalue weighted by Gasteiger charge is 2.18. The van der Waals surface area contributed by atoms with Gasteiger partial charge in [0, 0.05) is 16.6 Å². The molecule has 0 saturated heterocycles. The Balaban J connectivity index is 1.77. The van der Waals surface area contributed by atoms with Crippen LogP contribution in [-0.4, -0.2) is 20.7 Å². The minimum atomic E-state index is -0.177. The quantitative estimate of drug-likeness (QED) is 0.946. The fraction of sp³-hybridized carbons (Fsp3) is 0.533. The summed E-state index contributed by atoms with van der Waals surface area (Å²) >= 11 is 1.60. The Hall–Kier alpha value is -1.69. The number of anilines is 1. The van der Waals surface area contributed by atoms with Crippen molar-refractivity contribution in [3.63, 3.8) is 0 Å². The van der Waals surface area contributed by atoms with Crippen LogP contribution in [0.25, 0.3) is 0 Å². The van der Waals surface area contributed by atoms with Crippen LogP contribution in [-0.2, 0) is 12.8 Å². The minimum absolute atomic E-state index is 0.177. The predicted molar refractivity (Wildman–Crippen MR) is 84.1 cm³/mol. The molecule has 0 spiro atoms. The van der Waals surface area contributed by atoms with Crippen LogP contribution in [0.1, 0.15) is 59.5 Å². The zero-order chi connectivity index (χ0) is 15.0. The summed E-state index contributed by atoms with van der Waals surface area (Å²) in [5.74, 6) is -0.177. The second-order valence-corrected chi connectivity index (χ2v) is 6.84. The van der Waals surface area contributed by atoms with Crippen molar-refractivity contribution >= 4 is 22.4 Å². The van der Waals surface area contributed by atoms with Crippen molar-refractivity contribution in [2.24, 2.45) is 0 Å². The van der Waals surface area contributed by atoms with E-state index < -0.39 is 0 Å². The van der Waals surface area contributed by atoms with Crippen molar-refractivity contribution in [1.82, 2.24) is 14.8 Å². The molecule has 1 amide bonds. The van der Waals surface area contributed by atoms with E-state index in [9.17, 15) is 4.79 Å². The second-order valence-electron chi connectivity index (χ2n) is 5.76. The van der Waals surface area contributed by atoms with Crippen LogP contribution in [0.2, 0.25) is 0 Å². The van der Waals surface area contributed by atoms with Crippen molar-refractivity contribution in [2.75, 3.05) is 5.32 Å². The van der Waals surface area contributed by atoms with Gasteiger partial charge in [-0.3, -0.25) is 14.8 Å². The summed E-state index contributed by atoms with van der Waals surface area (Å²) < 4.78 is 1.86. The van der Waals surface area contributed by atoms with Gasteiger partial charge in [-0.2, -0.15) is 5.10 Å². The number of carbonyl (C=O) groups excluding carboxylic acids is 1. The first-order valence-electron chi connectivity index (χ1n) is 7.40. The van der Waals surface area contributed by atoms with Gasteiger partial charge < -0.3 is 0 Å². The van der Waals surface area contributed by atoms with Crippen molar-refractivity contribution in [3.05, 3.63) is 28.0 Å². The fourth-order valence-electron chi connectivity index (χ4n) is 2.69. The third-order valence-electron chi connectivity index (χ3n) is 3.71. The highest BCUT2D eigenvalue weighted by Crippen LogP contribution is 2.29. The number of amides is 1. The molecule has 1 aliphatic carbocycles. The molecule has 0 saturated carbocycles. The molecule has 1 N–H and O–H groups in total. The van der Waals surface area contributed by atoms with Crippen LogP contribution < -0.4 is 5.32 Å². The maximum absolute atomic E-state index is 12.3. The molecule has 2 heterocycles. The summed E-state index contributed by atoms with van der Waals surface area (Å²) in [6.45, 7) is 6.07. The molecule has 2 aromatic heterocycles. The number of rotatable bonds is 3. The van der Waals surface area contributed by atoms with Gasteiger partial charge in [-0.15, -0.1) is 11.3 Å². The molecule has 21 heavy (non-hydrogen) atoms. The highest BCUT2D eigenvalue weighted by molar-refractivity contribution is 7.15. The zero-order valence-corrected chi connectivity index (χ0v) is 13.5. The summed E-state index contributed by atoms with van der Waals surface area (Å²) in [6.07, 6.45) is 4.54. The Morgan fingerprint density at radius 2 is 2.14 bits per heavy atom. The minimum Gasteiger partial charge on any atom is -0.296 e. The number of thiazole rings is 1. The third kappa shape index (κ3) is 2.85. The van der Waals surface area contributed by atoms with E-state index >= 15 is 0 Å². The van der Waals surface area contributed by atoms with Crippen molar-refractivity contribution in [3.8, 4) is 0 Å². The van der Waals surface area contributed by atoms with Gasteiger partial charge in [0.15, 0.2) is 10.8 Å². The molecular weight excluding hydrogens is 284 g/mol. The Labute approximate surface area is 128 Å². The van der Waals surface area contributed by atoms with E-state index in [-0.39, 0.29) is 11.9 Å². The van der Waals surface area contributed by atoms with Crippen LogP contribution in [0, 0.1) is 6.92 Å². The van der Waals surface area contributed by atoms with Crippen molar-refractivity contribution in [2.45, 2.75) is 52.5 Å². The Bertz CT molecular complexity index is 648. The number of nitrogens with zero attached hydrogens (tertiary/aromatic N) is 3. The number of hydrogen-bond donors (Lipinski definition) is 1. The summed E-state index contributed by atoms with van der Waals surface area (Å²) in [5.41, 5.74) is 2.60. The molecule has 0 unspecified atom stereocenters. The molecule has 0 bridgehead atoms. The average Bonchev–Trinajstić information content (AvgIpc) is 3.01. The normalized spacial score (nSPS) is 14.3. The fourth-order valence-corrected chi connectivity index (χ4v) is 3.73. The lowest BCUT2D eigenvalue weighted by Crippen LogP contribution is -2.14. The largest absolute Gasteiger partial charge is 0.296 e. The average molecular weight is 304 g/mol. The Morgan fingerprint density at radius 3 is 2.81 bits per heavy atom. The van der Waals surface area contributed by atoms with Gasteiger partial charge in [0.2, 0.25) is 0 Å². The molecule has 112 valence electrons. The van der Waals surface area contributed by atoms with Gasteiger partial charge in [-0.25, -0.2) is 4.98 Å². The number of aryl methyl sites for hydroxylation is 3. The third-order valence-corrected chi connectivity index (χ3v) is 4.78. The topological polar surface area (TPSA) is 59.8 Å². The molecule has 1 aliphatic rings. The van der Waals surface area contributed by atoms with Crippen molar-refractivity contribution < 1.29 is 4.79 Å². The summed E-state index contributed by atoms with van der Waals surface area (Å²) in [6, 6.07) is 2.07. The maximum Gasteiger partial charge on any atom is 0.277 e. The van der Waals surface area contributed by atoms with Crippen LogP contribution in [0.5, 0.6) is 0 Å². The lowest BCUT2D eigenvalue weighted by molar-refractivity contribution is 0.102. The smallest absolute Gasteiger partial charge is 0.277 e. The van der Waals surface area contributed by atoms with E-state index in [2.05, 4.69) is 29.2 Å². The van der Waals surface area contributed by atoms with Gasteiger partial charge in [0.25, 0.3) is 5.91 Å². The van der Waals surface area contributed by atoms with Crippen LogP contribution in [0.15, 0.2) is 6.07 Å². The molecule has 3 rings (SSSR count). The number of aromatic nitrogens is 3. The highest BCUT2D eigenvalue weighted by atomic mass is 32.1. The van der Waals surface area contributed by atoms with Gasteiger partial charge in [0.05, 0.1) is 5.69 Å². The SMILES string of the molecule is Cc1cc(C(=O)Nc2nc3c(s2)CCCC3)nn1C(C)C. The van der Waals surface area contributed by atoms with Gasteiger partial charge in [-0.1, -0.05) is 0 Å². The summed E-state index contributed by atoms with van der Waals surface area (Å²) in [7, 11) is 0. The molecule has 5 nitrogen and oxygen atoms in total. The van der Waals surface area contributed by atoms with Crippen molar-refractivity contribution in [1.29, 1.82) is 0 Å². The molecule has 0 fully saturated rings. The van der Waals surface area contributed by atoms with E-state index in [4.69, 9.17) is 0 Å². The predicted octanol–water partition coefficient (Wildman–Crippen LogP) is 3.36. The first-order valence-corrected chi connectivity index (χ1v) is 8.22. The molecule has 0 aromatic carbocycles. The molecule has 0 radical (unpaired) electrons. The molecular formula is C15H20N4OS. The van der Waals surface area contributed by atoms with Gasteiger partial charge in [-0.05, 0) is 52.5 Å². The van der Waals surface area contributed by atoms with Crippen LogP contribution in [0.4, 0.5) is 5.13 Å². The second kappa shape index (κ2) is 5.60. The summed E-state index contributed by atoms with van der Waals surface area (Å²) in [5, 5.41) is 7.95. The molecule has 2 aromatic rings. The van der Waals surface area contributed by atoms with E-state index in [1.54, 1.807) is 11.3 Å². The molecule has 0 atom stereocenters. The first-order chi connectivity index (χ1) is 10.0. The number of fused-ring (bicyclic) bond motifs is 1. The van der Waals surface area contributed by atoms with E-state index in [1.165, 1.54) is 17.7 Å². The molecule has 0 aliphatic heterocycles. The monoisotopic (exact) mass is 304 g/mol.